The summed E-state index contributed by atoms with van der Waals surface area (Å²) in [5, 5.41) is 21.0. The molecule has 0 bridgehead atoms. The lowest BCUT2D eigenvalue weighted by atomic mass is 10.3. The third kappa shape index (κ3) is 3.45. The number of rotatable bonds is 3. The van der Waals surface area contributed by atoms with E-state index in [1.165, 1.54) is 0 Å². The predicted molar refractivity (Wildman–Crippen MR) is 30.1 cm³/mol. The SMILES string of the molecule is ON=CC(CCF)=NO. The highest BCUT2D eigenvalue weighted by atomic mass is 19.1. The van der Waals surface area contributed by atoms with Crippen molar-refractivity contribution in [2.24, 2.45) is 10.3 Å². The van der Waals surface area contributed by atoms with Gasteiger partial charge in [-0.3, -0.25) is 4.39 Å². The van der Waals surface area contributed by atoms with Crippen LogP contribution in [0.1, 0.15) is 6.42 Å². The van der Waals surface area contributed by atoms with Crippen molar-refractivity contribution in [3.63, 3.8) is 0 Å². The van der Waals surface area contributed by atoms with Gasteiger partial charge in [0.1, 0.15) is 5.71 Å². The quantitative estimate of drug-likeness (QED) is 0.338. The highest BCUT2D eigenvalue weighted by Gasteiger charge is 1.93. The Kier molecular flexibility index (Phi) is 4.39. The molecule has 0 spiro atoms. The van der Waals surface area contributed by atoms with Crippen LogP contribution in [-0.2, 0) is 0 Å². The van der Waals surface area contributed by atoms with Crippen LogP contribution in [0.4, 0.5) is 4.39 Å². The van der Waals surface area contributed by atoms with Gasteiger partial charge in [-0.2, -0.15) is 0 Å². The Morgan fingerprint density at radius 2 is 2.22 bits per heavy atom. The third-order valence-electron chi connectivity index (χ3n) is 0.686. The van der Waals surface area contributed by atoms with Crippen LogP contribution in [0.2, 0.25) is 0 Å². The van der Waals surface area contributed by atoms with E-state index in [0.29, 0.717) is 0 Å². The molecule has 2 N–H and O–H groups in total. The van der Waals surface area contributed by atoms with Gasteiger partial charge in [0.05, 0.1) is 12.9 Å². The van der Waals surface area contributed by atoms with Crippen molar-refractivity contribution in [3.05, 3.63) is 0 Å². The van der Waals surface area contributed by atoms with Crippen LogP contribution < -0.4 is 0 Å². The summed E-state index contributed by atoms with van der Waals surface area (Å²) in [5.74, 6) is 0. The Morgan fingerprint density at radius 3 is 2.56 bits per heavy atom. The molecule has 0 aromatic heterocycles. The third-order valence-corrected chi connectivity index (χ3v) is 0.686. The molecule has 0 fully saturated rings. The number of hydrogen-bond acceptors (Lipinski definition) is 4. The van der Waals surface area contributed by atoms with Crippen molar-refractivity contribution in [1.29, 1.82) is 0 Å². The summed E-state index contributed by atoms with van der Waals surface area (Å²) in [6.45, 7) is -0.634. The second-order valence-corrected chi connectivity index (χ2v) is 1.27. The Bertz CT molecular complexity index is 124. The number of oxime groups is 2. The lowest BCUT2D eigenvalue weighted by molar-refractivity contribution is 0.314. The van der Waals surface area contributed by atoms with Crippen molar-refractivity contribution < 1.29 is 14.8 Å². The largest absolute Gasteiger partial charge is 0.411 e. The highest BCUT2D eigenvalue weighted by Crippen LogP contribution is 1.83. The van der Waals surface area contributed by atoms with Crippen LogP contribution in [0.25, 0.3) is 0 Å². The predicted octanol–water partition coefficient (Wildman–Crippen LogP) is 0.636. The maximum absolute atomic E-state index is 11.4. The molecule has 5 heteroatoms. The van der Waals surface area contributed by atoms with Gasteiger partial charge in [0.2, 0.25) is 0 Å². The zero-order chi connectivity index (χ0) is 7.11. The van der Waals surface area contributed by atoms with Gasteiger partial charge in [-0.15, -0.1) is 0 Å². The first-order valence-electron chi connectivity index (χ1n) is 2.29. The zero-order valence-corrected chi connectivity index (χ0v) is 4.66. The average molecular weight is 134 g/mol. The lowest BCUT2D eigenvalue weighted by Crippen LogP contribution is -2.00. The molecule has 9 heavy (non-hydrogen) atoms. The van der Waals surface area contributed by atoms with Gasteiger partial charge in [0.25, 0.3) is 0 Å². The molecule has 0 aliphatic carbocycles. The van der Waals surface area contributed by atoms with Gasteiger partial charge >= 0.3 is 0 Å². The van der Waals surface area contributed by atoms with E-state index in [9.17, 15) is 4.39 Å². The second kappa shape index (κ2) is 5.02. The Balaban J connectivity index is 3.70. The van der Waals surface area contributed by atoms with E-state index in [4.69, 9.17) is 10.4 Å². The van der Waals surface area contributed by atoms with Gasteiger partial charge in [0.15, 0.2) is 0 Å². The molecule has 0 rings (SSSR count). The van der Waals surface area contributed by atoms with Gasteiger partial charge < -0.3 is 10.4 Å². The minimum atomic E-state index is -0.634. The van der Waals surface area contributed by atoms with Crippen LogP contribution in [0, 0.1) is 0 Å². The molecule has 4 nitrogen and oxygen atoms in total. The van der Waals surface area contributed by atoms with E-state index in [-0.39, 0.29) is 12.1 Å². The number of halogens is 1. The van der Waals surface area contributed by atoms with Crippen molar-refractivity contribution in [2.75, 3.05) is 6.67 Å². The van der Waals surface area contributed by atoms with E-state index in [1.54, 1.807) is 0 Å². The van der Waals surface area contributed by atoms with Gasteiger partial charge in [-0.25, -0.2) is 0 Å². The number of hydrogen-bond donors (Lipinski definition) is 2. The van der Waals surface area contributed by atoms with Gasteiger partial charge in [-0.1, -0.05) is 10.3 Å². The molecular weight excluding hydrogens is 127 g/mol. The summed E-state index contributed by atoms with van der Waals surface area (Å²) < 4.78 is 11.4. The molecule has 0 saturated heterocycles. The normalized spacial score (nSPS) is 12.8. The zero-order valence-electron chi connectivity index (χ0n) is 4.66. The minimum absolute atomic E-state index is 0.0139. The fraction of sp³-hybridized carbons (Fsp3) is 0.500. The van der Waals surface area contributed by atoms with Crippen LogP contribution in [0.3, 0.4) is 0 Å². The fourth-order valence-corrected chi connectivity index (χ4v) is 0.304. The summed E-state index contributed by atoms with van der Waals surface area (Å²) in [4.78, 5) is 0. The van der Waals surface area contributed by atoms with Crippen LogP contribution in [-0.4, -0.2) is 29.0 Å². The molecular formula is C4H7FN2O2. The average Bonchev–Trinajstić information content (AvgIpc) is 1.88. The molecule has 52 valence electrons. The molecule has 0 aromatic carbocycles. The molecule has 0 aliphatic heterocycles. The fourth-order valence-electron chi connectivity index (χ4n) is 0.304. The summed E-state index contributed by atoms with van der Waals surface area (Å²) >= 11 is 0. The van der Waals surface area contributed by atoms with E-state index >= 15 is 0 Å². The molecule has 0 saturated carbocycles. The monoisotopic (exact) mass is 134 g/mol. The molecule has 0 atom stereocenters. The Hall–Kier alpha value is -1.13. The summed E-state index contributed by atoms with van der Waals surface area (Å²) in [6, 6.07) is 0. The molecule has 0 aromatic rings. The maximum atomic E-state index is 11.4. The minimum Gasteiger partial charge on any atom is -0.411 e. The molecule has 0 unspecified atom stereocenters. The van der Waals surface area contributed by atoms with Crippen molar-refractivity contribution in [1.82, 2.24) is 0 Å². The van der Waals surface area contributed by atoms with Gasteiger partial charge in [0, 0.05) is 6.42 Å². The van der Waals surface area contributed by atoms with Crippen LogP contribution >= 0.6 is 0 Å². The number of alkyl halides is 1. The Labute approximate surface area is 51.3 Å². The van der Waals surface area contributed by atoms with E-state index < -0.39 is 6.67 Å². The molecule has 0 amide bonds. The smallest absolute Gasteiger partial charge is 0.104 e. The first-order chi connectivity index (χ1) is 4.35. The van der Waals surface area contributed by atoms with Crippen molar-refractivity contribution in [2.45, 2.75) is 6.42 Å². The van der Waals surface area contributed by atoms with E-state index in [1.807, 2.05) is 0 Å². The van der Waals surface area contributed by atoms with E-state index in [2.05, 4.69) is 10.3 Å². The summed E-state index contributed by atoms with van der Waals surface area (Å²) in [7, 11) is 0. The molecule has 0 aliphatic rings. The standard InChI is InChI=1S/C4H7FN2O2/c5-2-1-4(7-9)3-6-8/h3,8-9H,1-2H2. The number of nitrogens with zero attached hydrogens (tertiary/aromatic N) is 2. The Morgan fingerprint density at radius 1 is 1.56 bits per heavy atom. The molecule has 0 heterocycles. The first kappa shape index (κ1) is 7.87. The van der Waals surface area contributed by atoms with Gasteiger partial charge in [-0.05, 0) is 0 Å². The van der Waals surface area contributed by atoms with E-state index in [0.717, 1.165) is 6.21 Å². The lowest BCUT2D eigenvalue weighted by Gasteiger charge is -1.87. The topological polar surface area (TPSA) is 65.2 Å². The van der Waals surface area contributed by atoms with Crippen LogP contribution in [0.5, 0.6) is 0 Å². The van der Waals surface area contributed by atoms with Crippen LogP contribution in [0.15, 0.2) is 10.3 Å². The van der Waals surface area contributed by atoms with Crippen molar-refractivity contribution >= 4 is 11.9 Å². The molecule has 0 radical (unpaired) electrons. The summed E-state index contributed by atoms with van der Waals surface area (Å²) in [5.41, 5.74) is 0.0139. The maximum Gasteiger partial charge on any atom is 0.104 e. The first-order valence-corrected chi connectivity index (χ1v) is 2.29. The van der Waals surface area contributed by atoms with Crippen molar-refractivity contribution in [3.8, 4) is 0 Å². The highest BCUT2D eigenvalue weighted by molar-refractivity contribution is 6.30. The second-order valence-electron chi connectivity index (χ2n) is 1.27. The summed E-state index contributed by atoms with van der Waals surface area (Å²) in [6.07, 6.45) is 0.833.